The molecular weight excluding hydrogens is 486 g/mol. The highest BCUT2D eigenvalue weighted by Gasteiger charge is 2.76. The van der Waals surface area contributed by atoms with Gasteiger partial charge in [-0.3, -0.25) is 4.79 Å². The van der Waals surface area contributed by atoms with Crippen LogP contribution in [0, 0.1) is 34.5 Å². The van der Waals surface area contributed by atoms with E-state index >= 15 is 0 Å². The number of hydrogen-bond acceptors (Lipinski definition) is 8. The van der Waals surface area contributed by atoms with Gasteiger partial charge in [0.05, 0.1) is 23.9 Å². The van der Waals surface area contributed by atoms with E-state index in [1.165, 1.54) is 10.9 Å². The zero-order valence-corrected chi connectivity index (χ0v) is 21.9. The minimum atomic E-state index is -2.20. The Balaban J connectivity index is 1.44. The largest absolute Gasteiger partial charge is 0.450 e. The van der Waals surface area contributed by atoms with Gasteiger partial charge in [-0.15, -0.1) is 5.10 Å². The highest BCUT2D eigenvalue weighted by molar-refractivity contribution is 5.96. The number of ether oxygens (including phenoxy) is 1. The Morgan fingerprint density at radius 2 is 1.95 bits per heavy atom. The molecular formula is C29H33N3O6. The molecule has 0 radical (unpaired) electrons. The van der Waals surface area contributed by atoms with Crippen molar-refractivity contribution >= 4 is 11.8 Å². The molecule has 1 heterocycles. The minimum absolute atomic E-state index is 0.0377. The molecule has 0 saturated heterocycles. The summed E-state index contributed by atoms with van der Waals surface area (Å²) < 4.78 is 7.28. The van der Waals surface area contributed by atoms with E-state index in [1.54, 1.807) is 43.3 Å². The summed E-state index contributed by atoms with van der Waals surface area (Å²) in [6.07, 6.45) is 2.39. The van der Waals surface area contributed by atoms with Crippen LogP contribution in [0.5, 0.6) is 0 Å². The molecule has 38 heavy (non-hydrogen) atoms. The van der Waals surface area contributed by atoms with Crippen molar-refractivity contribution in [2.24, 2.45) is 34.5 Å². The number of fused-ring (bicyclic) bond motifs is 3. The van der Waals surface area contributed by atoms with E-state index in [-0.39, 0.29) is 40.2 Å². The highest BCUT2D eigenvalue weighted by Crippen LogP contribution is 2.71. The monoisotopic (exact) mass is 519 g/mol. The van der Waals surface area contributed by atoms with Gasteiger partial charge < -0.3 is 20.1 Å². The fraction of sp³-hybridized carbons (Fsp3) is 0.517. The molecule has 200 valence electrons. The first-order chi connectivity index (χ1) is 18.0. The van der Waals surface area contributed by atoms with Crippen molar-refractivity contribution in [1.29, 1.82) is 0 Å². The lowest BCUT2D eigenvalue weighted by atomic mass is 9.59. The van der Waals surface area contributed by atoms with Crippen molar-refractivity contribution in [2.45, 2.75) is 51.9 Å². The number of carbonyl (C=O) groups excluding carboxylic acids is 2. The average molecular weight is 520 g/mol. The molecule has 8 atom stereocenters. The molecule has 2 aromatic rings. The van der Waals surface area contributed by atoms with Crippen LogP contribution < -0.4 is 0 Å². The van der Waals surface area contributed by atoms with Crippen LogP contribution in [-0.4, -0.2) is 66.5 Å². The molecule has 2 saturated carbocycles. The number of allylic oxidation sites excluding steroid dienone is 1. The quantitative estimate of drug-likeness (QED) is 0.414. The smallest absolute Gasteiger partial charge is 0.359 e. The Hall–Kier alpha value is -3.14. The summed E-state index contributed by atoms with van der Waals surface area (Å²) in [5.74, 6) is -1.58. The number of aliphatic hydroxyl groups excluding tert-OH is 2. The van der Waals surface area contributed by atoms with Crippen LogP contribution in [0.15, 0.2) is 59.8 Å². The van der Waals surface area contributed by atoms with Crippen molar-refractivity contribution in [3.05, 3.63) is 65.5 Å². The molecule has 6 rings (SSSR count). The summed E-state index contributed by atoms with van der Waals surface area (Å²) in [5.41, 5.74) is -2.46. The van der Waals surface area contributed by atoms with Gasteiger partial charge in [0.1, 0.15) is 6.10 Å². The predicted molar refractivity (Wildman–Crippen MR) is 136 cm³/mol. The number of ketones is 1. The zero-order valence-electron chi connectivity index (χ0n) is 21.9. The molecule has 0 aliphatic heterocycles. The molecule has 2 unspecified atom stereocenters. The van der Waals surface area contributed by atoms with Crippen molar-refractivity contribution in [3.8, 4) is 5.69 Å². The van der Waals surface area contributed by atoms with E-state index in [0.29, 0.717) is 17.7 Å². The van der Waals surface area contributed by atoms with Gasteiger partial charge in [-0.2, -0.15) is 0 Å². The predicted octanol–water partition coefficient (Wildman–Crippen LogP) is 2.26. The topological polar surface area (TPSA) is 135 Å². The maximum absolute atomic E-state index is 14.4. The lowest BCUT2D eigenvalue weighted by Crippen LogP contribution is -2.65. The average Bonchev–Trinajstić information content (AvgIpc) is 3.20. The molecule has 3 N–H and O–H groups in total. The molecule has 9 nitrogen and oxygen atoms in total. The third-order valence-corrected chi connectivity index (χ3v) is 9.88. The third kappa shape index (κ3) is 3.03. The van der Waals surface area contributed by atoms with E-state index < -0.39 is 41.7 Å². The number of aliphatic hydroxyl groups is 3. The lowest BCUT2D eigenvalue weighted by molar-refractivity contribution is -0.190. The van der Waals surface area contributed by atoms with Gasteiger partial charge >= 0.3 is 5.97 Å². The van der Waals surface area contributed by atoms with Gasteiger partial charge in [0, 0.05) is 5.92 Å². The summed E-state index contributed by atoms with van der Waals surface area (Å²) in [6, 6.07) is 8.97. The number of esters is 1. The highest BCUT2D eigenvalue weighted by atomic mass is 16.6. The third-order valence-electron chi connectivity index (χ3n) is 9.88. The lowest BCUT2D eigenvalue weighted by Gasteiger charge is -2.48. The molecule has 4 aliphatic carbocycles. The number of carbonyl (C=O) groups is 2. The molecule has 2 fully saturated rings. The summed E-state index contributed by atoms with van der Waals surface area (Å²) in [6.45, 7) is 7.39. The van der Waals surface area contributed by atoms with Crippen molar-refractivity contribution in [1.82, 2.24) is 15.0 Å². The first kappa shape index (κ1) is 25.2. The second-order valence-electron chi connectivity index (χ2n) is 12.0. The minimum Gasteiger partial charge on any atom is -0.450 e. The van der Waals surface area contributed by atoms with Crippen LogP contribution in [0.2, 0.25) is 0 Å². The molecule has 1 aromatic heterocycles. The fourth-order valence-corrected chi connectivity index (χ4v) is 7.90. The van der Waals surface area contributed by atoms with E-state index in [2.05, 4.69) is 24.2 Å². The van der Waals surface area contributed by atoms with E-state index in [1.807, 2.05) is 13.0 Å². The number of hydrogen-bond donors (Lipinski definition) is 3. The Morgan fingerprint density at radius 1 is 1.24 bits per heavy atom. The second kappa shape index (κ2) is 8.18. The second-order valence-corrected chi connectivity index (χ2v) is 12.0. The molecule has 0 amide bonds. The van der Waals surface area contributed by atoms with Crippen LogP contribution in [0.3, 0.4) is 0 Å². The van der Waals surface area contributed by atoms with Gasteiger partial charge in [-0.1, -0.05) is 56.3 Å². The Kier molecular flexibility index (Phi) is 5.41. The van der Waals surface area contributed by atoms with Gasteiger partial charge in [0.15, 0.2) is 23.2 Å². The Bertz CT molecular complexity index is 1380. The van der Waals surface area contributed by atoms with Crippen LogP contribution >= 0.6 is 0 Å². The number of para-hydroxylation sites is 1. The summed E-state index contributed by atoms with van der Waals surface area (Å²) >= 11 is 0. The molecule has 4 aliphatic rings. The van der Waals surface area contributed by atoms with Crippen LogP contribution in [0.1, 0.15) is 44.6 Å². The Labute approximate surface area is 220 Å². The molecule has 2 bridgehead atoms. The Morgan fingerprint density at radius 3 is 2.63 bits per heavy atom. The first-order valence-corrected chi connectivity index (χ1v) is 13.1. The maximum atomic E-state index is 14.4. The van der Waals surface area contributed by atoms with Gasteiger partial charge in [0.25, 0.3) is 0 Å². The normalized spacial score (nSPS) is 38.8. The number of benzene rings is 1. The molecule has 9 heteroatoms. The van der Waals surface area contributed by atoms with E-state index in [9.17, 15) is 24.9 Å². The van der Waals surface area contributed by atoms with Crippen LogP contribution in [0.25, 0.3) is 5.69 Å². The SMILES string of the molecule is CC1=CC23C(=O)[C@@H](C=C(CO)[C@@H](O)[C@]2(O)[C@H]1OC(=O)c1cnnn1-c1ccccc1)[C@H]1[C@@H](CC3C)C1(C)C. The first-order valence-electron chi connectivity index (χ1n) is 13.1. The van der Waals surface area contributed by atoms with Gasteiger partial charge in [-0.25, -0.2) is 9.48 Å². The number of rotatable bonds is 4. The van der Waals surface area contributed by atoms with Crippen LogP contribution in [-0.2, 0) is 9.53 Å². The zero-order chi connectivity index (χ0) is 27.2. The molecule has 1 aromatic carbocycles. The summed E-state index contributed by atoms with van der Waals surface area (Å²) in [5, 5.41) is 42.3. The summed E-state index contributed by atoms with van der Waals surface area (Å²) in [7, 11) is 0. The fourth-order valence-electron chi connectivity index (χ4n) is 7.90. The maximum Gasteiger partial charge on any atom is 0.359 e. The van der Waals surface area contributed by atoms with Crippen molar-refractivity contribution in [2.75, 3.05) is 6.61 Å². The van der Waals surface area contributed by atoms with E-state index in [0.717, 1.165) is 0 Å². The van der Waals surface area contributed by atoms with Crippen molar-refractivity contribution in [3.63, 3.8) is 0 Å². The van der Waals surface area contributed by atoms with E-state index in [4.69, 9.17) is 4.74 Å². The van der Waals surface area contributed by atoms with Gasteiger partial charge in [0.2, 0.25) is 0 Å². The number of nitrogens with zero attached hydrogens (tertiary/aromatic N) is 3. The van der Waals surface area contributed by atoms with Crippen molar-refractivity contribution < 1.29 is 29.6 Å². The number of Topliss-reactive ketones (excluding diaryl/α,β-unsaturated/α-hetero) is 1. The van der Waals surface area contributed by atoms with Crippen LogP contribution in [0.4, 0.5) is 0 Å². The molecule has 1 spiro atoms. The standard InChI is InChI=1S/C29H33N3O6/c1-15-12-28-16(2)10-20-22(27(20,3)4)19(24(28)35)11-17(14-33)23(34)29(28,37)25(15)38-26(36)21-13-30-31-32(21)18-8-6-5-7-9-18/h5-9,11-13,16,19-20,22-23,25,33-34,37H,10,14H2,1-4H3/t16?,19-,20+,22-,23+,25-,28?,29-/m0/s1. The number of aromatic nitrogens is 3. The van der Waals surface area contributed by atoms with Gasteiger partial charge in [-0.05, 0) is 59.8 Å². The summed E-state index contributed by atoms with van der Waals surface area (Å²) in [4.78, 5) is 28.0.